The van der Waals surface area contributed by atoms with E-state index in [1.165, 1.54) is 0 Å². The van der Waals surface area contributed by atoms with E-state index in [-0.39, 0.29) is 11.9 Å². The quantitative estimate of drug-likeness (QED) is 0.830. The van der Waals surface area contributed by atoms with E-state index in [9.17, 15) is 4.79 Å². The summed E-state index contributed by atoms with van der Waals surface area (Å²) in [7, 11) is 0. The Balaban J connectivity index is 2.21. The third kappa shape index (κ3) is 2.61. The van der Waals surface area contributed by atoms with Crippen LogP contribution in [0.2, 0.25) is 5.02 Å². The van der Waals surface area contributed by atoms with Gasteiger partial charge in [0.15, 0.2) is 0 Å². The van der Waals surface area contributed by atoms with E-state index >= 15 is 0 Å². The fourth-order valence-corrected chi connectivity index (χ4v) is 2.22. The van der Waals surface area contributed by atoms with Crippen molar-refractivity contribution in [3.63, 3.8) is 0 Å². The molecule has 1 N–H and O–H groups in total. The molecule has 1 heterocycles. The van der Waals surface area contributed by atoms with Gasteiger partial charge in [0.05, 0.1) is 0 Å². The van der Waals surface area contributed by atoms with Gasteiger partial charge in [0.25, 0.3) is 5.91 Å². The highest BCUT2D eigenvalue weighted by Gasteiger charge is 2.24. The summed E-state index contributed by atoms with van der Waals surface area (Å²) in [5, 5.41) is 3.92. The van der Waals surface area contributed by atoms with Gasteiger partial charge in [0.2, 0.25) is 0 Å². The van der Waals surface area contributed by atoms with Crippen molar-refractivity contribution in [3.05, 3.63) is 34.3 Å². The first kappa shape index (κ1) is 12.4. The van der Waals surface area contributed by atoms with E-state index < -0.39 is 0 Å². The molecule has 1 fully saturated rings. The average Bonchev–Trinajstić information content (AvgIpc) is 2.32. The summed E-state index contributed by atoms with van der Waals surface area (Å²) in [6.45, 7) is 6.45. The van der Waals surface area contributed by atoms with Crippen LogP contribution in [-0.2, 0) is 0 Å². The number of nitrogens with one attached hydrogen (secondary N) is 1. The van der Waals surface area contributed by atoms with Crippen LogP contribution in [0.1, 0.15) is 22.8 Å². The third-order valence-electron chi connectivity index (χ3n) is 3.18. The van der Waals surface area contributed by atoms with Gasteiger partial charge in [0, 0.05) is 36.3 Å². The number of piperazine rings is 1. The molecule has 3 nitrogen and oxygen atoms in total. The van der Waals surface area contributed by atoms with Gasteiger partial charge in [-0.3, -0.25) is 4.79 Å². The highest BCUT2D eigenvalue weighted by atomic mass is 35.5. The fraction of sp³-hybridized carbons (Fsp3) is 0.462. The highest BCUT2D eigenvalue weighted by Crippen LogP contribution is 2.19. The zero-order valence-corrected chi connectivity index (χ0v) is 10.9. The van der Waals surface area contributed by atoms with Crippen molar-refractivity contribution in [2.45, 2.75) is 19.9 Å². The van der Waals surface area contributed by atoms with Gasteiger partial charge in [-0.25, -0.2) is 0 Å². The number of amides is 1. The van der Waals surface area contributed by atoms with E-state index in [1.807, 2.05) is 24.0 Å². The fourth-order valence-electron chi connectivity index (χ4n) is 2.03. The third-order valence-corrected chi connectivity index (χ3v) is 3.59. The second kappa shape index (κ2) is 5.07. The van der Waals surface area contributed by atoms with E-state index in [1.54, 1.807) is 6.07 Å². The van der Waals surface area contributed by atoms with Crippen molar-refractivity contribution in [3.8, 4) is 0 Å². The van der Waals surface area contributed by atoms with Crippen LogP contribution in [0.25, 0.3) is 0 Å². The normalized spacial score (nSPS) is 20.4. The van der Waals surface area contributed by atoms with Gasteiger partial charge < -0.3 is 10.2 Å². The van der Waals surface area contributed by atoms with Gasteiger partial charge in [-0.2, -0.15) is 0 Å². The number of benzene rings is 1. The van der Waals surface area contributed by atoms with Crippen LogP contribution in [0, 0.1) is 6.92 Å². The molecule has 0 aromatic heterocycles. The lowest BCUT2D eigenvalue weighted by Gasteiger charge is -2.34. The summed E-state index contributed by atoms with van der Waals surface area (Å²) >= 11 is 6.05. The van der Waals surface area contributed by atoms with Gasteiger partial charge in [-0.05, 0) is 31.5 Å². The molecule has 0 unspecified atom stereocenters. The standard InChI is InChI=1S/C13H17ClN2O/c1-9-3-4-11(7-12(9)14)13(17)16-6-5-15-8-10(16)2/h3-4,7,10,15H,5-6,8H2,1-2H3/t10-/m1/s1. The largest absolute Gasteiger partial charge is 0.333 e. The molecule has 1 aliphatic rings. The number of nitrogens with zero attached hydrogens (tertiary/aromatic N) is 1. The van der Waals surface area contributed by atoms with Crippen molar-refractivity contribution in [2.24, 2.45) is 0 Å². The Morgan fingerprint density at radius 2 is 2.29 bits per heavy atom. The summed E-state index contributed by atoms with van der Waals surface area (Å²) in [5.74, 6) is 0.0703. The second-order valence-corrected chi connectivity index (χ2v) is 4.92. The molecule has 1 saturated heterocycles. The minimum Gasteiger partial charge on any atom is -0.333 e. The van der Waals surface area contributed by atoms with Crippen LogP contribution in [-0.4, -0.2) is 36.5 Å². The molecule has 1 aliphatic heterocycles. The highest BCUT2D eigenvalue weighted by molar-refractivity contribution is 6.31. The number of hydrogen-bond acceptors (Lipinski definition) is 2. The first-order valence-corrected chi connectivity index (χ1v) is 6.25. The molecule has 0 aliphatic carbocycles. The van der Waals surface area contributed by atoms with Crippen LogP contribution < -0.4 is 5.32 Å². The van der Waals surface area contributed by atoms with Crippen molar-refractivity contribution in [2.75, 3.05) is 19.6 Å². The number of rotatable bonds is 1. The maximum Gasteiger partial charge on any atom is 0.254 e. The summed E-state index contributed by atoms with van der Waals surface area (Å²) in [6, 6.07) is 5.73. The van der Waals surface area contributed by atoms with Crippen LogP contribution >= 0.6 is 11.6 Å². The number of hydrogen-bond donors (Lipinski definition) is 1. The minimum absolute atomic E-state index is 0.0703. The first-order chi connectivity index (χ1) is 8.09. The molecule has 92 valence electrons. The summed E-state index contributed by atoms with van der Waals surface area (Å²) < 4.78 is 0. The predicted octanol–water partition coefficient (Wildman–Crippen LogP) is 2.08. The lowest BCUT2D eigenvalue weighted by molar-refractivity contribution is 0.0656. The van der Waals surface area contributed by atoms with Crippen LogP contribution in [0.5, 0.6) is 0 Å². The Kier molecular flexibility index (Phi) is 3.69. The molecule has 2 rings (SSSR count). The molecule has 1 amide bonds. The average molecular weight is 253 g/mol. The molecule has 1 aromatic carbocycles. The van der Waals surface area contributed by atoms with Gasteiger partial charge in [-0.15, -0.1) is 0 Å². The Bertz CT molecular complexity index is 433. The summed E-state index contributed by atoms with van der Waals surface area (Å²) in [5.41, 5.74) is 1.67. The number of carbonyl (C=O) groups excluding carboxylic acids is 1. The van der Waals surface area contributed by atoms with E-state index in [4.69, 9.17) is 11.6 Å². The maximum atomic E-state index is 12.3. The molecule has 0 radical (unpaired) electrons. The molecule has 17 heavy (non-hydrogen) atoms. The molecule has 1 aromatic rings. The molecule has 0 spiro atoms. The first-order valence-electron chi connectivity index (χ1n) is 5.87. The number of halogens is 1. The molecule has 0 saturated carbocycles. The van der Waals surface area contributed by atoms with E-state index in [0.29, 0.717) is 10.6 Å². The van der Waals surface area contributed by atoms with Crippen molar-refractivity contribution in [1.82, 2.24) is 10.2 Å². The van der Waals surface area contributed by atoms with Crippen molar-refractivity contribution >= 4 is 17.5 Å². The Morgan fingerprint density at radius 3 is 2.94 bits per heavy atom. The van der Waals surface area contributed by atoms with Gasteiger partial charge in [-0.1, -0.05) is 17.7 Å². The smallest absolute Gasteiger partial charge is 0.254 e. The zero-order valence-electron chi connectivity index (χ0n) is 10.2. The van der Waals surface area contributed by atoms with Crippen LogP contribution in [0.15, 0.2) is 18.2 Å². The van der Waals surface area contributed by atoms with Crippen molar-refractivity contribution in [1.29, 1.82) is 0 Å². The van der Waals surface area contributed by atoms with Gasteiger partial charge in [0.1, 0.15) is 0 Å². The molecule has 4 heteroatoms. The Hall–Kier alpha value is -1.06. The number of aryl methyl sites for hydroxylation is 1. The predicted molar refractivity (Wildman–Crippen MR) is 69.6 cm³/mol. The van der Waals surface area contributed by atoms with Crippen LogP contribution in [0.3, 0.4) is 0 Å². The SMILES string of the molecule is Cc1ccc(C(=O)N2CCNC[C@H]2C)cc1Cl. The summed E-state index contributed by atoms with van der Waals surface area (Å²) in [4.78, 5) is 14.2. The molecule has 0 bridgehead atoms. The van der Waals surface area contributed by atoms with E-state index in [0.717, 1.165) is 25.2 Å². The summed E-state index contributed by atoms with van der Waals surface area (Å²) in [6.07, 6.45) is 0. The maximum absolute atomic E-state index is 12.3. The van der Waals surface area contributed by atoms with Crippen molar-refractivity contribution < 1.29 is 4.79 Å². The zero-order chi connectivity index (χ0) is 12.4. The second-order valence-electron chi connectivity index (χ2n) is 4.52. The Labute approximate surface area is 107 Å². The topological polar surface area (TPSA) is 32.3 Å². The Morgan fingerprint density at radius 1 is 1.53 bits per heavy atom. The number of carbonyl (C=O) groups is 1. The monoisotopic (exact) mass is 252 g/mol. The minimum atomic E-state index is 0.0703. The molecule has 1 atom stereocenters. The molecular formula is C13H17ClN2O. The lowest BCUT2D eigenvalue weighted by atomic mass is 10.1. The van der Waals surface area contributed by atoms with E-state index in [2.05, 4.69) is 12.2 Å². The molecular weight excluding hydrogens is 236 g/mol. The van der Waals surface area contributed by atoms with Crippen LogP contribution in [0.4, 0.5) is 0 Å². The van der Waals surface area contributed by atoms with Gasteiger partial charge >= 0.3 is 0 Å². The lowest BCUT2D eigenvalue weighted by Crippen LogP contribution is -2.52.